The molecule has 0 radical (unpaired) electrons. The van der Waals surface area contributed by atoms with E-state index in [1.54, 1.807) is 12.1 Å². The molecule has 1 N–H and O–H groups in total. The highest BCUT2D eigenvalue weighted by Crippen LogP contribution is 2.24. The number of nitrogens with zero attached hydrogens (tertiary/aromatic N) is 4. The third kappa shape index (κ3) is 4.71. The number of sulfonamides is 1. The summed E-state index contributed by atoms with van der Waals surface area (Å²) in [7, 11) is -3.47. The molecule has 2 saturated heterocycles. The quantitative estimate of drug-likeness (QED) is 0.632. The number of aromatic nitrogens is 2. The number of carbonyl (C=O) groups is 1. The van der Waals surface area contributed by atoms with E-state index < -0.39 is 15.9 Å². The summed E-state index contributed by atoms with van der Waals surface area (Å²) in [6, 6.07) is 6.30. The average molecular weight is 434 g/mol. The van der Waals surface area contributed by atoms with Gasteiger partial charge in [0.25, 0.3) is 0 Å². The first-order valence-electron chi connectivity index (χ1n) is 10.5. The molecule has 1 aromatic heterocycles. The minimum absolute atomic E-state index is 0.0973. The standard InChI is InChI=1S/C20H27N5O4S/c26-18(21-10-5-13-24-11-1-2-12-24)20-23-22-19(29-20)16-6-8-17(9-7-16)30(27,28)25-14-3-4-15-25/h6-9H,1-5,10-15H2,(H,21,26). The number of rotatable bonds is 8. The van der Waals surface area contributed by atoms with Gasteiger partial charge in [-0.15, -0.1) is 10.2 Å². The van der Waals surface area contributed by atoms with Crippen LogP contribution in [0.1, 0.15) is 42.8 Å². The summed E-state index contributed by atoms with van der Waals surface area (Å²) in [4.78, 5) is 14.8. The molecule has 9 nitrogen and oxygen atoms in total. The predicted octanol–water partition coefficient (Wildman–Crippen LogP) is 1.74. The summed E-state index contributed by atoms with van der Waals surface area (Å²) < 4.78 is 32.2. The molecule has 0 bridgehead atoms. The topological polar surface area (TPSA) is 109 Å². The second-order valence-electron chi connectivity index (χ2n) is 7.71. The summed E-state index contributed by atoms with van der Waals surface area (Å²) in [6.45, 7) is 4.92. The van der Waals surface area contributed by atoms with Gasteiger partial charge < -0.3 is 14.6 Å². The molecule has 30 heavy (non-hydrogen) atoms. The molecule has 162 valence electrons. The van der Waals surface area contributed by atoms with Gasteiger partial charge in [-0.3, -0.25) is 4.79 Å². The maximum Gasteiger partial charge on any atom is 0.308 e. The van der Waals surface area contributed by atoms with Crippen molar-refractivity contribution >= 4 is 15.9 Å². The highest BCUT2D eigenvalue weighted by atomic mass is 32.2. The van der Waals surface area contributed by atoms with E-state index in [1.165, 1.54) is 29.3 Å². The summed E-state index contributed by atoms with van der Waals surface area (Å²) in [5.74, 6) is -0.314. The highest BCUT2D eigenvalue weighted by Gasteiger charge is 2.27. The molecular formula is C20H27N5O4S. The van der Waals surface area contributed by atoms with Gasteiger partial charge in [0.05, 0.1) is 4.90 Å². The van der Waals surface area contributed by atoms with Gasteiger partial charge in [-0.1, -0.05) is 0 Å². The minimum atomic E-state index is -3.47. The second kappa shape index (κ2) is 9.23. The largest absolute Gasteiger partial charge is 0.412 e. The third-order valence-corrected chi connectivity index (χ3v) is 7.47. The number of carbonyl (C=O) groups excluding carboxylic acids is 1. The second-order valence-corrected chi connectivity index (χ2v) is 9.64. The summed E-state index contributed by atoms with van der Waals surface area (Å²) in [5, 5.41) is 10.5. The normalized spacial score (nSPS) is 18.1. The number of hydrogen-bond donors (Lipinski definition) is 1. The van der Waals surface area contributed by atoms with Gasteiger partial charge in [0, 0.05) is 25.2 Å². The van der Waals surface area contributed by atoms with Crippen molar-refractivity contribution in [3.63, 3.8) is 0 Å². The number of nitrogens with one attached hydrogen (secondary N) is 1. The van der Waals surface area contributed by atoms with Crippen molar-refractivity contribution in [1.82, 2.24) is 24.7 Å². The predicted molar refractivity (Wildman–Crippen MR) is 110 cm³/mol. The van der Waals surface area contributed by atoms with E-state index in [-0.39, 0.29) is 16.7 Å². The van der Waals surface area contributed by atoms with Gasteiger partial charge >= 0.3 is 11.8 Å². The van der Waals surface area contributed by atoms with Crippen molar-refractivity contribution in [2.75, 3.05) is 39.3 Å². The van der Waals surface area contributed by atoms with Gasteiger partial charge in [-0.2, -0.15) is 4.31 Å². The Kier molecular flexibility index (Phi) is 6.45. The van der Waals surface area contributed by atoms with Crippen LogP contribution in [0.15, 0.2) is 33.6 Å². The first-order chi connectivity index (χ1) is 14.5. The molecule has 0 unspecified atom stereocenters. The maximum atomic E-state index is 12.6. The molecule has 0 spiro atoms. The smallest absolute Gasteiger partial charge is 0.308 e. The van der Waals surface area contributed by atoms with Crippen molar-refractivity contribution in [2.45, 2.75) is 37.0 Å². The highest BCUT2D eigenvalue weighted by molar-refractivity contribution is 7.89. The van der Waals surface area contributed by atoms with Gasteiger partial charge in [-0.05, 0) is 76.0 Å². The third-order valence-electron chi connectivity index (χ3n) is 5.56. The average Bonchev–Trinajstić information content (AvgIpc) is 3.53. The zero-order chi connectivity index (χ0) is 21.0. The first-order valence-corrected chi connectivity index (χ1v) is 11.9. The molecule has 3 heterocycles. The molecular weight excluding hydrogens is 406 g/mol. The molecule has 10 heteroatoms. The van der Waals surface area contributed by atoms with E-state index in [9.17, 15) is 13.2 Å². The maximum absolute atomic E-state index is 12.6. The Bertz CT molecular complexity index is 961. The Morgan fingerprint density at radius 1 is 1.00 bits per heavy atom. The number of benzene rings is 1. The Morgan fingerprint density at radius 2 is 1.67 bits per heavy atom. The van der Waals surface area contributed by atoms with Crippen LogP contribution in [-0.2, 0) is 10.0 Å². The number of likely N-dealkylation sites (tertiary alicyclic amines) is 1. The fraction of sp³-hybridized carbons (Fsp3) is 0.550. The zero-order valence-corrected chi connectivity index (χ0v) is 17.7. The Hall–Kier alpha value is -2.30. The van der Waals surface area contributed by atoms with E-state index >= 15 is 0 Å². The Labute approximate surface area is 176 Å². The van der Waals surface area contributed by atoms with E-state index in [0.717, 1.165) is 38.9 Å². The van der Waals surface area contributed by atoms with Crippen LogP contribution in [0.3, 0.4) is 0 Å². The molecule has 2 aliphatic rings. The van der Waals surface area contributed by atoms with Crippen LogP contribution < -0.4 is 5.32 Å². The van der Waals surface area contributed by atoms with Gasteiger partial charge in [0.2, 0.25) is 15.9 Å². The van der Waals surface area contributed by atoms with Crippen molar-refractivity contribution in [3.8, 4) is 11.5 Å². The molecule has 1 amide bonds. The zero-order valence-electron chi connectivity index (χ0n) is 16.9. The van der Waals surface area contributed by atoms with E-state index in [4.69, 9.17) is 4.42 Å². The minimum Gasteiger partial charge on any atom is -0.412 e. The summed E-state index contributed by atoms with van der Waals surface area (Å²) in [5.41, 5.74) is 0.566. The molecule has 1 aromatic carbocycles. The molecule has 2 fully saturated rings. The lowest BCUT2D eigenvalue weighted by Crippen LogP contribution is -2.28. The van der Waals surface area contributed by atoms with Crippen LogP contribution in [0.5, 0.6) is 0 Å². The first kappa shape index (κ1) is 21.0. The van der Waals surface area contributed by atoms with Crippen LogP contribution in [-0.4, -0.2) is 73.0 Å². The molecule has 0 aliphatic carbocycles. The summed E-state index contributed by atoms with van der Waals surface area (Å²) in [6.07, 6.45) is 5.16. The Balaban J connectivity index is 1.33. The number of hydrogen-bond acceptors (Lipinski definition) is 7. The Morgan fingerprint density at radius 3 is 2.37 bits per heavy atom. The van der Waals surface area contributed by atoms with Gasteiger partial charge in [0.1, 0.15) is 0 Å². The van der Waals surface area contributed by atoms with Crippen LogP contribution in [0.2, 0.25) is 0 Å². The molecule has 4 rings (SSSR count). The number of amides is 1. The lowest BCUT2D eigenvalue weighted by molar-refractivity contribution is 0.0918. The van der Waals surface area contributed by atoms with Crippen molar-refractivity contribution < 1.29 is 17.6 Å². The van der Waals surface area contributed by atoms with Crippen molar-refractivity contribution in [3.05, 3.63) is 30.2 Å². The van der Waals surface area contributed by atoms with Gasteiger partial charge in [0.15, 0.2) is 0 Å². The molecule has 2 aliphatic heterocycles. The lowest BCUT2D eigenvalue weighted by atomic mass is 10.2. The molecule has 2 aromatic rings. The SMILES string of the molecule is O=C(NCCCN1CCCC1)c1nnc(-c2ccc(S(=O)(=O)N3CCCC3)cc2)o1. The summed E-state index contributed by atoms with van der Waals surface area (Å²) >= 11 is 0. The van der Waals surface area contributed by atoms with E-state index in [0.29, 0.717) is 25.2 Å². The van der Waals surface area contributed by atoms with Crippen molar-refractivity contribution in [1.29, 1.82) is 0 Å². The monoisotopic (exact) mass is 433 g/mol. The van der Waals surface area contributed by atoms with Crippen LogP contribution in [0, 0.1) is 0 Å². The fourth-order valence-corrected chi connectivity index (χ4v) is 5.38. The van der Waals surface area contributed by atoms with Crippen LogP contribution in [0.25, 0.3) is 11.5 Å². The lowest BCUT2D eigenvalue weighted by Gasteiger charge is -2.15. The fourth-order valence-electron chi connectivity index (χ4n) is 3.87. The van der Waals surface area contributed by atoms with E-state index in [1.807, 2.05) is 0 Å². The van der Waals surface area contributed by atoms with Crippen LogP contribution in [0.4, 0.5) is 0 Å². The molecule has 0 saturated carbocycles. The molecule has 0 atom stereocenters. The van der Waals surface area contributed by atoms with E-state index in [2.05, 4.69) is 20.4 Å². The van der Waals surface area contributed by atoms with Crippen LogP contribution >= 0.6 is 0 Å². The van der Waals surface area contributed by atoms with Gasteiger partial charge in [-0.25, -0.2) is 8.42 Å². The van der Waals surface area contributed by atoms with Crippen molar-refractivity contribution in [2.24, 2.45) is 0 Å².